The van der Waals surface area contributed by atoms with Crippen molar-refractivity contribution in [1.29, 1.82) is 0 Å². The summed E-state index contributed by atoms with van der Waals surface area (Å²) in [6.45, 7) is 1.89. The Labute approximate surface area is 136 Å². The second kappa shape index (κ2) is 7.57. The third-order valence-corrected chi connectivity index (χ3v) is 4.37. The van der Waals surface area contributed by atoms with Crippen molar-refractivity contribution in [2.24, 2.45) is 0 Å². The van der Waals surface area contributed by atoms with Crippen LogP contribution < -0.4 is 4.74 Å². The highest BCUT2D eigenvalue weighted by molar-refractivity contribution is 5.55. The zero-order chi connectivity index (χ0) is 16.1. The second-order valence-corrected chi connectivity index (χ2v) is 5.87. The van der Waals surface area contributed by atoms with Crippen LogP contribution in [-0.2, 0) is 6.54 Å². The van der Waals surface area contributed by atoms with Crippen LogP contribution in [0.4, 0.5) is 0 Å². The summed E-state index contributed by atoms with van der Waals surface area (Å²) in [6, 6.07) is 8.01. The molecule has 1 saturated heterocycles. The highest BCUT2D eigenvalue weighted by Crippen LogP contribution is 2.23. The van der Waals surface area contributed by atoms with Crippen molar-refractivity contribution in [3.63, 3.8) is 0 Å². The molecule has 0 saturated carbocycles. The van der Waals surface area contributed by atoms with Crippen molar-refractivity contribution in [2.45, 2.75) is 38.3 Å². The van der Waals surface area contributed by atoms with E-state index in [4.69, 9.17) is 9.26 Å². The molecular formula is C17H23N3O3. The number of nitrogens with zero attached hydrogens (tertiary/aromatic N) is 3. The lowest BCUT2D eigenvalue weighted by Crippen LogP contribution is -2.39. The zero-order valence-electron chi connectivity index (χ0n) is 13.4. The maximum atomic E-state index is 9.21. The van der Waals surface area contributed by atoms with Gasteiger partial charge in [0.15, 0.2) is 0 Å². The van der Waals surface area contributed by atoms with Gasteiger partial charge in [-0.1, -0.05) is 11.6 Å². The van der Waals surface area contributed by atoms with E-state index in [1.807, 2.05) is 24.3 Å². The number of likely N-dealkylation sites (tertiary alicyclic amines) is 1. The lowest BCUT2D eigenvalue weighted by Gasteiger charge is -2.34. The number of methoxy groups -OCH3 is 1. The molecule has 3 rings (SSSR count). The smallest absolute Gasteiger partial charge is 0.241 e. The molecule has 0 aliphatic carbocycles. The Bertz CT molecular complexity index is 610. The molecule has 1 aliphatic heterocycles. The Morgan fingerprint density at radius 3 is 2.87 bits per heavy atom. The summed E-state index contributed by atoms with van der Waals surface area (Å²) < 4.78 is 10.6. The van der Waals surface area contributed by atoms with Crippen molar-refractivity contribution < 1.29 is 14.4 Å². The largest absolute Gasteiger partial charge is 0.497 e. The van der Waals surface area contributed by atoms with E-state index < -0.39 is 0 Å². The van der Waals surface area contributed by atoms with Gasteiger partial charge in [-0.2, -0.15) is 4.98 Å². The van der Waals surface area contributed by atoms with Crippen LogP contribution >= 0.6 is 0 Å². The summed E-state index contributed by atoms with van der Waals surface area (Å²) in [4.78, 5) is 6.84. The van der Waals surface area contributed by atoms with Gasteiger partial charge in [0.25, 0.3) is 0 Å². The number of rotatable bonds is 6. The standard InChI is InChI=1S/C17H23N3O3/c1-22-15-7-5-13(6-8-15)17-18-16(23-19-17)12-20-10-3-2-4-14(20)9-11-21/h5-8,14,21H,2-4,9-12H2,1H3. The van der Waals surface area contributed by atoms with Crippen LogP contribution in [0.2, 0.25) is 0 Å². The Morgan fingerprint density at radius 1 is 1.30 bits per heavy atom. The predicted octanol–water partition coefficient (Wildman–Crippen LogP) is 2.48. The maximum Gasteiger partial charge on any atom is 0.241 e. The van der Waals surface area contributed by atoms with Crippen LogP contribution in [0.25, 0.3) is 11.4 Å². The molecule has 0 radical (unpaired) electrons. The van der Waals surface area contributed by atoms with Crippen LogP contribution in [-0.4, -0.2) is 46.5 Å². The van der Waals surface area contributed by atoms with Gasteiger partial charge in [0, 0.05) is 18.2 Å². The third kappa shape index (κ3) is 3.89. The van der Waals surface area contributed by atoms with Gasteiger partial charge in [0.1, 0.15) is 5.75 Å². The zero-order valence-corrected chi connectivity index (χ0v) is 13.4. The van der Waals surface area contributed by atoms with Crippen molar-refractivity contribution in [3.05, 3.63) is 30.2 Å². The molecule has 1 aromatic carbocycles. The van der Waals surface area contributed by atoms with Gasteiger partial charge in [0.05, 0.1) is 13.7 Å². The first-order valence-electron chi connectivity index (χ1n) is 8.12. The molecule has 0 spiro atoms. The predicted molar refractivity (Wildman–Crippen MR) is 86.0 cm³/mol. The third-order valence-electron chi connectivity index (χ3n) is 4.37. The highest BCUT2D eigenvalue weighted by Gasteiger charge is 2.24. The summed E-state index contributed by atoms with van der Waals surface area (Å²) in [5.41, 5.74) is 0.909. The molecular weight excluding hydrogens is 294 g/mol. The van der Waals surface area contributed by atoms with Gasteiger partial charge in [-0.3, -0.25) is 4.90 Å². The van der Waals surface area contributed by atoms with E-state index >= 15 is 0 Å². The number of aromatic nitrogens is 2. The van der Waals surface area contributed by atoms with Gasteiger partial charge in [-0.05, 0) is 50.1 Å². The van der Waals surface area contributed by atoms with Gasteiger partial charge in [-0.25, -0.2) is 0 Å². The molecule has 1 aliphatic rings. The Kier molecular flexibility index (Phi) is 5.25. The number of ether oxygens (including phenoxy) is 1. The molecule has 124 valence electrons. The lowest BCUT2D eigenvalue weighted by molar-refractivity contribution is 0.100. The topological polar surface area (TPSA) is 71.6 Å². The summed E-state index contributed by atoms with van der Waals surface area (Å²) in [5.74, 6) is 2.02. The first-order valence-corrected chi connectivity index (χ1v) is 8.12. The molecule has 2 aromatic rings. The Morgan fingerprint density at radius 2 is 2.13 bits per heavy atom. The maximum absolute atomic E-state index is 9.21. The SMILES string of the molecule is COc1ccc(-c2noc(CN3CCCCC3CCO)n2)cc1. The number of aliphatic hydroxyl groups excluding tert-OH is 1. The minimum absolute atomic E-state index is 0.224. The molecule has 1 aromatic heterocycles. The van der Waals surface area contributed by atoms with Gasteiger partial charge in [-0.15, -0.1) is 0 Å². The minimum Gasteiger partial charge on any atom is -0.497 e. The molecule has 0 amide bonds. The van der Waals surface area contributed by atoms with E-state index in [1.165, 1.54) is 12.8 Å². The Balaban J connectivity index is 1.68. The molecule has 0 bridgehead atoms. The van der Waals surface area contributed by atoms with E-state index in [2.05, 4.69) is 15.0 Å². The fraction of sp³-hybridized carbons (Fsp3) is 0.529. The van der Waals surface area contributed by atoms with Crippen molar-refractivity contribution in [3.8, 4) is 17.1 Å². The molecule has 1 fully saturated rings. The second-order valence-electron chi connectivity index (χ2n) is 5.87. The van der Waals surface area contributed by atoms with E-state index in [0.717, 1.165) is 30.7 Å². The number of hydrogen-bond donors (Lipinski definition) is 1. The quantitative estimate of drug-likeness (QED) is 0.882. The van der Waals surface area contributed by atoms with E-state index in [1.54, 1.807) is 7.11 Å². The van der Waals surface area contributed by atoms with Crippen LogP contribution in [0, 0.1) is 0 Å². The molecule has 1 atom stereocenters. The number of hydrogen-bond acceptors (Lipinski definition) is 6. The first-order chi connectivity index (χ1) is 11.3. The minimum atomic E-state index is 0.224. The van der Waals surface area contributed by atoms with Crippen LogP contribution in [0.15, 0.2) is 28.8 Å². The molecule has 2 heterocycles. The van der Waals surface area contributed by atoms with Crippen molar-refractivity contribution in [1.82, 2.24) is 15.0 Å². The number of benzene rings is 1. The van der Waals surface area contributed by atoms with E-state index in [-0.39, 0.29) is 6.61 Å². The summed E-state index contributed by atoms with van der Waals surface area (Å²) in [5, 5.41) is 13.3. The summed E-state index contributed by atoms with van der Waals surface area (Å²) in [7, 11) is 1.64. The fourth-order valence-corrected chi connectivity index (χ4v) is 3.09. The molecule has 6 heteroatoms. The Hall–Kier alpha value is -1.92. The normalized spacial score (nSPS) is 19.0. The average molecular weight is 317 g/mol. The van der Waals surface area contributed by atoms with E-state index in [9.17, 15) is 5.11 Å². The van der Waals surface area contributed by atoms with Crippen molar-refractivity contribution >= 4 is 0 Å². The van der Waals surface area contributed by atoms with Crippen molar-refractivity contribution in [2.75, 3.05) is 20.3 Å². The first kappa shape index (κ1) is 16.0. The molecule has 1 unspecified atom stereocenters. The van der Waals surface area contributed by atoms with Gasteiger partial charge >= 0.3 is 0 Å². The van der Waals surface area contributed by atoms with Gasteiger partial charge < -0.3 is 14.4 Å². The van der Waals surface area contributed by atoms with Crippen LogP contribution in [0.1, 0.15) is 31.6 Å². The fourth-order valence-electron chi connectivity index (χ4n) is 3.09. The monoisotopic (exact) mass is 317 g/mol. The number of aliphatic hydroxyl groups is 1. The average Bonchev–Trinajstić information content (AvgIpc) is 3.05. The highest BCUT2D eigenvalue weighted by atomic mass is 16.5. The molecule has 23 heavy (non-hydrogen) atoms. The molecule has 1 N–H and O–H groups in total. The summed E-state index contributed by atoms with van der Waals surface area (Å²) >= 11 is 0. The summed E-state index contributed by atoms with van der Waals surface area (Å²) in [6.07, 6.45) is 4.34. The van der Waals surface area contributed by atoms with Crippen LogP contribution in [0.3, 0.4) is 0 Å². The van der Waals surface area contributed by atoms with Gasteiger partial charge in [0.2, 0.25) is 11.7 Å². The number of piperidine rings is 1. The van der Waals surface area contributed by atoms with E-state index in [0.29, 0.717) is 24.3 Å². The molecule has 6 nitrogen and oxygen atoms in total. The van der Waals surface area contributed by atoms with Crippen LogP contribution in [0.5, 0.6) is 5.75 Å². The lowest BCUT2D eigenvalue weighted by atomic mass is 10.00.